The molecule has 0 atom stereocenters. The van der Waals surface area contributed by atoms with Gasteiger partial charge in [0, 0.05) is 49.1 Å². The second-order valence-electron chi connectivity index (χ2n) is 12.0. The Kier molecular flexibility index (Phi) is 28.2. The van der Waals surface area contributed by atoms with Gasteiger partial charge in [-0.2, -0.15) is 9.13 Å². The number of halogens is 8. The molecular weight excluding hydrogens is 814 g/mol. The van der Waals surface area contributed by atoms with Crippen molar-refractivity contribution in [1.82, 2.24) is 9.97 Å². The molecule has 0 spiro atoms. The van der Waals surface area contributed by atoms with Crippen molar-refractivity contribution in [2.24, 2.45) is 0 Å². The third kappa shape index (κ3) is 31.7. The molecule has 22 heteroatoms. The highest BCUT2D eigenvalue weighted by molar-refractivity contribution is 6.50. The molecule has 334 valence electrons. The Hall–Kier alpha value is -4.15. The number of aryl methyl sites for hydroxylation is 2. The van der Waals surface area contributed by atoms with Gasteiger partial charge < -0.3 is 72.4 Å². The fourth-order valence-electron chi connectivity index (χ4n) is 4.68. The molecule has 5 heterocycles. The van der Waals surface area contributed by atoms with Crippen molar-refractivity contribution < 1.29 is 81.6 Å². The lowest BCUT2D eigenvalue weighted by atomic mass is 10.1. The lowest BCUT2D eigenvalue weighted by Crippen LogP contribution is -2.43. The van der Waals surface area contributed by atoms with Crippen LogP contribution >= 0.6 is 0 Å². The Bertz CT molecular complexity index is 1380. The van der Waals surface area contributed by atoms with Crippen molar-refractivity contribution in [2.75, 3.05) is 106 Å². The van der Waals surface area contributed by atoms with Gasteiger partial charge in [-0.05, 0) is 46.5 Å². The Morgan fingerprint density at radius 2 is 0.500 bits per heavy atom. The first-order valence-corrected chi connectivity index (χ1v) is 19.0. The van der Waals surface area contributed by atoms with Gasteiger partial charge in [-0.15, -0.1) is 0 Å². The maximum atomic E-state index is 9.75. The minimum Gasteiger partial charge on any atom is -0.418 e. The smallest absolute Gasteiger partial charge is 0.418 e. The first-order valence-electron chi connectivity index (χ1n) is 19.0. The standard InChI is InChI=1S/C22H20N4.C16H32O8.2BF4/c1-9-23-10-2-19(1)21-5-13-25(14-6-21)17-18-26-15-7-22(8-16-26)20-3-11-24-12-4-20;1-2-18-5-6-20-9-10-22-13-14-24-16-15-23-12-11-21-8-7-19-4-3-17-1;2*2-1(3,4)5/h1-16H,17-18H2;1-16H2;;/q+2;;2*-1. The van der Waals surface area contributed by atoms with E-state index in [1.165, 1.54) is 22.3 Å². The highest BCUT2D eigenvalue weighted by Crippen LogP contribution is 2.17. The summed E-state index contributed by atoms with van der Waals surface area (Å²) in [6, 6.07) is 16.7. The van der Waals surface area contributed by atoms with E-state index in [4.69, 9.17) is 37.9 Å². The van der Waals surface area contributed by atoms with Gasteiger partial charge in [-0.25, -0.2) is 0 Å². The zero-order valence-electron chi connectivity index (χ0n) is 33.2. The molecular formula is C38H52B2F8N4O8. The van der Waals surface area contributed by atoms with Crippen LogP contribution in [0.4, 0.5) is 34.5 Å². The van der Waals surface area contributed by atoms with Crippen LogP contribution in [0.5, 0.6) is 0 Å². The van der Waals surface area contributed by atoms with E-state index in [2.05, 4.69) is 68.2 Å². The molecule has 1 fully saturated rings. The van der Waals surface area contributed by atoms with Crippen molar-refractivity contribution in [2.45, 2.75) is 13.1 Å². The first-order chi connectivity index (χ1) is 28.9. The van der Waals surface area contributed by atoms with Crippen molar-refractivity contribution in [3.63, 3.8) is 0 Å². The van der Waals surface area contributed by atoms with Crippen molar-refractivity contribution in [3.8, 4) is 22.3 Å². The molecule has 0 bridgehead atoms. The molecule has 12 nitrogen and oxygen atoms in total. The van der Waals surface area contributed by atoms with E-state index in [9.17, 15) is 34.5 Å². The van der Waals surface area contributed by atoms with E-state index < -0.39 is 14.5 Å². The minimum absolute atomic E-state index is 0.556. The molecule has 0 aliphatic carbocycles. The lowest BCUT2D eigenvalue weighted by molar-refractivity contribution is -0.778. The summed E-state index contributed by atoms with van der Waals surface area (Å²) >= 11 is 0. The number of rotatable bonds is 5. The molecule has 1 saturated heterocycles. The minimum atomic E-state index is -6.00. The van der Waals surface area contributed by atoms with E-state index in [1.807, 2.05) is 49.1 Å². The third-order valence-electron chi connectivity index (χ3n) is 7.40. The maximum absolute atomic E-state index is 9.75. The van der Waals surface area contributed by atoms with Gasteiger partial charge in [0.25, 0.3) is 0 Å². The zero-order valence-corrected chi connectivity index (χ0v) is 33.2. The van der Waals surface area contributed by atoms with E-state index in [1.54, 1.807) is 0 Å². The molecule has 0 amide bonds. The van der Waals surface area contributed by atoms with Gasteiger partial charge in [0.15, 0.2) is 24.8 Å². The molecule has 4 aromatic rings. The average Bonchev–Trinajstić information content (AvgIpc) is 3.22. The molecule has 1 aliphatic heterocycles. The number of ether oxygens (including phenoxy) is 8. The van der Waals surface area contributed by atoms with Crippen molar-refractivity contribution in [1.29, 1.82) is 0 Å². The van der Waals surface area contributed by atoms with Crippen LogP contribution in [-0.2, 0) is 51.0 Å². The Balaban J connectivity index is 0.000000339. The maximum Gasteiger partial charge on any atom is 0.673 e. The van der Waals surface area contributed by atoms with Gasteiger partial charge in [-0.3, -0.25) is 9.97 Å². The molecule has 5 rings (SSSR count). The zero-order chi connectivity index (χ0) is 43.6. The van der Waals surface area contributed by atoms with E-state index in [0.717, 1.165) is 13.1 Å². The van der Waals surface area contributed by atoms with E-state index in [-0.39, 0.29) is 0 Å². The second-order valence-corrected chi connectivity index (χ2v) is 12.0. The van der Waals surface area contributed by atoms with Crippen LogP contribution < -0.4 is 9.13 Å². The van der Waals surface area contributed by atoms with Gasteiger partial charge >= 0.3 is 14.5 Å². The fraction of sp³-hybridized carbons (Fsp3) is 0.474. The largest absolute Gasteiger partial charge is 0.673 e. The predicted molar refractivity (Wildman–Crippen MR) is 207 cm³/mol. The van der Waals surface area contributed by atoms with Crippen LogP contribution in [0.2, 0.25) is 0 Å². The molecule has 60 heavy (non-hydrogen) atoms. The molecule has 0 N–H and O–H groups in total. The number of aromatic nitrogens is 4. The quantitative estimate of drug-likeness (QED) is 0.139. The molecule has 0 aromatic carbocycles. The highest BCUT2D eigenvalue weighted by Gasteiger charge is 2.21. The topological polar surface area (TPSA) is 107 Å². The molecule has 1 aliphatic rings. The normalized spacial score (nSPS) is 16.2. The van der Waals surface area contributed by atoms with Crippen LogP contribution in [0.1, 0.15) is 0 Å². The molecule has 0 unspecified atom stereocenters. The summed E-state index contributed by atoms with van der Waals surface area (Å²) in [6.07, 6.45) is 15.8. The van der Waals surface area contributed by atoms with Crippen LogP contribution in [0, 0.1) is 0 Å². The third-order valence-corrected chi connectivity index (χ3v) is 7.40. The van der Waals surface area contributed by atoms with Crippen LogP contribution in [0.3, 0.4) is 0 Å². The van der Waals surface area contributed by atoms with Crippen molar-refractivity contribution in [3.05, 3.63) is 98.1 Å². The second kappa shape index (κ2) is 32.6. The van der Waals surface area contributed by atoms with Gasteiger partial charge in [0.2, 0.25) is 13.1 Å². The summed E-state index contributed by atoms with van der Waals surface area (Å²) in [5, 5.41) is 0. The Morgan fingerprint density at radius 1 is 0.333 bits per heavy atom. The van der Waals surface area contributed by atoms with E-state index in [0.29, 0.717) is 106 Å². The monoisotopic (exact) mass is 866 g/mol. The van der Waals surface area contributed by atoms with Crippen LogP contribution in [-0.4, -0.2) is 130 Å². The SMILES string of the molecule is C1COCCOCCOCCOCCOCCOCCOCCO1.F[B-](F)(F)F.F[B-](F)(F)F.c1cc(-c2cc[n+](CC[n+]3ccc(-c4ccncc4)cc3)cc2)ccn1. The highest BCUT2D eigenvalue weighted by atomic mass is 19.5. The van der Waals surface area contributed by atoms with Crippen LogP contribution in [0.15, 0.2) is 98.1 Å². The summed E-state index contributed by atoms with van der Waals surface area (Å²) in [4.78, 5) is 8.13. The number of hydrogen-bond acceptors (Lipinski definition) is 10. The predicted octanol–water partition coefficient (Wildman–Crippen LogP) is 5.82. The van der Waals surface area contributed by atoms with E-state index >= 15 is 0 Å². The summed E-state index contributed by atoms with van der Waals surface area (Å²) in [5.74, 6) is 0. The van der Waals surface area contributed by atoms with Crippen molar-refractivity contribution >= 4 is 14.5 Å². The molecule has 0 saturated carbocycles. The molecule has 4 aromatic heterocycles. The summed E-state index contributed by atoms with van der Waals surface area (Å²) in [7, 11) is -12.0. The molecule has 0 radical (unpaired) electrons. The fourth-order valence-corrected chi connectivity index (χ4v) is 4.68. The Morgan fingerprint density at radius 3 is 0.683 bits per heavy atom. The average molecular weight is 866 g/mol. The van der Waals surface area contributed by atoms with Gasteiger partial charge in [0.1, 0.15) is 0 Å². The first kappa shape index (κ1) is 52.0. The summed E-state index contributed by atoms with van der Waals surface area (Å²) in [6.45, 7) is 10.7. The van der Waals surface area contributed by atoms with Gasteiger partial charge in [0.05, 0.1) is 106 Å². The lowest BCUT2D eigenvalue weighted by Gasteiger charge is -2.09. The number of pyridine rings is 4. The van der Waals surface area contributed by atoms with Gasteiger partial charge in [-0.1, -0.05) is 0 Å². The van der Waals surface area contributed by atoms with Crippen LogP contribution in [0.25, 0.3) is 22.3 Å². The number of nitrogens with zero attached hydrogens (tertiary/aromatic N) is 4. The number of hydrogen-bond donors (Lipinski definition) is 0. The summed E-state index contributed by atoms with van der Waals surface area (Å²) < 4.78 is 126. The Labute approximate surface area is 344 Å². The summed E-state index contributed by atoms with van der Waals surface area (Å²) in [5.41, 5.74) is 4.79.